The van der Waals surface area contributed by atoms with Gasteiger partial charge in [0.05, 0.1) is 0 Å². The summed E-state index contributed by atoms with van der Waals surface area (Å²) >= 11 is 0. The largest absolute Gasteiger partial charge is 0.279 e. The highest BCUT2D eigenvalue weighted by Crippen LogP contribution is 2.17. The first-order valence-corrected chi connectivity index (χ1v) is 6.98. The van der Waals surface area contributed by atoms with Gasteiger partial charge in [-0.15, -0.1) is 0 Å². The van der Waals surface area contributed by atoms with Crippen molar-refractivity contribution < 1.29 is 8.42 Å². The Hall–Kier alpha value is -1.88. The van der Waals surface area contributed by atoms with Gasteiger partial charge in [0.25, 0.3) is 10.0 Å². The third kappa shape index (κ3) is 2.68. The molecule has 1 aromatic carbocycles. The maximum absolute atomic E-state index is 12.1. The van der Waals surface area contributed by atoms with E-state index >= 15 is 0 Å². The molecule has 18 heavy (non-hydrogen) atoms. The van der Waals surface area contributed by atoms with Crippen molar-refractivity contribution >= 4 is 15.7 Å². The molecule has 0 aliphatic heterocycles. The number of nitrogens with zero attached hydrogens (tertiary/aromatic N) is 1. The van der Waals surface area contributed by atoms with Crippen LogP contribution in [0.15, 0.2) is 47.6 Å². The topological polar surface area (TPSA) is 59.1 Å². The van der Waals surface area contributed by atoms with Gasteiger partial charge in [0.15, 0.2) is 5.03 Å². The molecule has 2 rings (SSSR count). The highest BCUT2D eigenvalue weighted by molar-refractivity contribution is 7.92. The molecule has 0 bridgehead atoms. The molecular formula is C13H14N2O2S. The molecule has 0 atom stereocenters. The first-order valence-electron chi connectivity index (χ1n) is 5.50. The zero-order valence-corrected chi connectivity index (χ0v) is 11.0. The summed E-state index contributed by atoms with van der Waals surface area (Å²) in [4.78, 5) is 3.91. The van der Waals surface area contributed by atoms with Crippen LogP contribution in [0, 0.1) is 13.8 Å². The molecular weight excluding hydrogens is 248 g/mol. The van der Waals surface area contributed by atoms with Crippen molar-refractivity contribution in [3.8, 4) is 0 Å². The average Bonchev–Trinajstić information content (AvgIpc) is 2.32. The zero-order chi connectivity index (χ0) is 13.2. The molecule has 0 fully saturated rings. The van der Waals surface area contributed by atoms with Crippen molar-refractivity contribution in [3.05, 3.63) is 53.7 Å². The molecule has 4 nitrogen and oxygen atoms in total. The summed E-state index contributed by atoms with van der Waals surface area (Å²) in [5.41, 5.74) is 2.23. The van der Waals surface area contributed by atoms with Crippen molar-refractivity contribution in [3.63, 3.8) is 0 Å². The minimum absolute atomic E-state index is 0.0607. The average molecular weight is 262 g/mol. The molecule has 0 unspecified atom stereocenters. The highest BCUT2D eigenvalue weighted by Gasteiger charge is 2.17. The Morgan fingerprint density at radius 3 is 2.33 bits per heavy atom. The first kappa shape index (κ1) is 12.6. The smallest absolute Gasteiger partial charge is 0.278 e. The molecule has 0 radical (unpaired) electrons. The van der Waals surface area contributed by atoms with Gasteiger partial charge in [-0.1, -0.05) is 23.8 Å². The Balaban J connectivity index is 2.33. The van der Waals surface area contributed by atoms with Crippen LogP contribution in [0.2, 0.25) is 0 Å². The van der Waals surface area contributed by atoms with Gasteiger partial charge < -0.3 is 0 Å². The van der Waals surface area contributed by atoms with Crippen LogP contribution in [-0.2, 0) is 10.0 Å². The van der Waals surface area contributed by atoms with E-state index in [-0.39, 0.29) is 5.03 Å². The molecule has 0 aliphatic rings. The van der Waals surface area contributed by atoms with Crippen LogP contribution in [0.3, 0.4) is 0 Å². The van der Waals surface area contributed by atoms with Gasteiger partial charge >= 0.3 is 0 Å². The summed E-state index contributed by atoms with van der Waals surface area (Å²) in [5, 5.41) is 0.0607. The summed E-state index contributed by atoms with van der Waals surface area (Å²) in [6, 6.07) is 10.6. The number of aryl methyl sites for hydroxylation is 2. The van der Waals surface area contributed by atoms with Crippen LogP contribution in [0.1, 0.15) is 11.1 Å². The van der Waals surface area contributed by atoms with Gasteiger partial charge in [-0.25, -0.2) is 4.98 Å². The fraction of sp³-hybridized carbons (Fsp3) is 0.154. The normalized spacial score (nSPS) is 11.2. The molecule has 0 saturated heterocycles. The van der Waals surface area contributed by atoms with Crippen molar-refractivity contribution in [1.82, 2.24) is 4.98 Å². The molecule has 94 valence electrons. The molecule has 0 spiro atoms. The molecule has 0 saturated carbocycles. The standard InChI is InChI=1S/C13H14N2O2S/c1-10-5-7-12(8-6-10)15-18(16,17)13-11(2)4-3-9-14-13/h3-9,15H,1-2H3. The van der Waals surface area contributed by atoms with Crippen molar-refractivity contribution in [2.24, 2.45) is 0 Å². The lowest BCUT2D eigenvalue weighted by Crippen LogP contribution is -2.15. The molecule has 0 amide bonds. The van der Waals surface area contributed by atoms with Crippen LogP contribution < -0.4 is 4.72 Å². The van der Waals surface area contributed by atoms with E-state index in [0.717, 1.165) is 5.56 Å². The molecule has 1 heterocycles. The number of anilines is 1. The predicted molar refractivity (Wildman–Crippen MR) is 71.0 cm³/mol. The highest BCUT2D eigenvalue weighted by atomic mass is 32.2. The molecule has 2 aromatic rings. The Kier molecular flexibility index (Phi) is 3.34. The molecule has 1 aromatic heterocycles. The second-order valence-corrected chi connectivity index (χ2v) is 5.69. The second kappa shape index (κ2) is 4.78. The van der Waals surface area contributed by atoms with E-state index in [1.165, 1.54) is 6.20 Å². The minimum atomic E-state index is -3.62. The van der Waals surface area contributed by atoms with E-state index < -0.39 is 10.0 Å². The van der Waals surface area contributed by atoms with Crippen LogP contribution in [0.4, 0.5) is 5.69 Å². The summed E-state index contributed by atoms with van der Waals surface area (Å²) < 4.78 is 26.8. The number of pyridine rings is 1. The monoisotopic (exact) mass is 262 g/mol. The fourth-order valence-corrected chi connectivity index (χ4v) is 2.81. The van der Waals surface area contributed by atoms with Crippen molar-refractivity contribution in [2.45, 2.75) is 18.9 Å². The third-order valence-corrected chi connectivity index (χ3v) is 3.96. The maximum Gasteiger partial charge on any atom is 0.279 e. The van der Waals surface area contributed by atoms with Gasteiger partial charge in [0, 0.05) is 11.9 Å². The number of benzene rings is 1. The molecule has 0 aliphatic carbocycles. The van der Waals surface area contributed by atoms with Crippen LogP contribution in [0.25, 0.3) is 0 Å². The second-order valence-electron chi connectivity index (χ2n) is 4.10. The van der Waals surface area contributed by atoms with E-state index in [1.54, 1.807) is 31.2 Å². The van der Waals surface area contributed by atoms with E-state index in [1.807, 2.05) is 19.1 Å². The summed E-state index contributed by atoms with van der Waals surface area (Å²) in [5.74, 6) is 0. The van der Waals surface area contributed by atoms with E-state index in [2.05, 4.69) is 9.71 Å². The van der Waals surface area contributed by atoms with Crippen molar-refractivity contribution in [1.29, 1.82) is 0 Å². The van der Waals surface area contributed by atoms with Gasteiger partial charge in [0.1, 0.15) is 0 Å². The number of hydrogen-bond donors (Lipinski definition) is 1. The molecule has 5 heteroatoms. The quantitative estimate of drug-likeness (QED) is 0.924. The summed E-state index contributed by atoms with van der Waals surface area (Å²) in [7, 11) is -3.62. The first-order chi connectivity index (χ1) is 8.49. The third-order valence-electron chi connectivity index (χ3n) is 2.52. The number of sulfonamides is 1. The van der Waals surface area contributed by atoms with Gasteiger partial charge in [0.2, 0.25) is 0 Å². The number of hydrogen-bond acceptors (Lipinski definition) is 3. The van der Waals surface area contributed by atoms with Crippen molar-refractivity contribution in [2.75, 3.05) is 4.72 Å². The lowest BCUT2D eigenvalue weighted by molar-refractivity contribution is 0.596. The SMILES string of the molecule is Cc1ccc(NS(=O)(=O)c2ncccc2C)cc1. The Morgan fingerprint density at radius 1 is 1.06 bits per heavy atom. The van der Waals surface area contributed by atoms with Crippen LogP contribution >= 0.6 is 0 Å². The van der Waals surface area contributed by atoms with Gasteiger partial charge in [-0.2, -0.15) is 8.42 Å². The summed E-state index contributed by atoms with van der Waals surface area (Å²) in [6.45, 7) is 3.66. The Bertz CT molecular complexity index is 649. The van der Waals surface area contributed by atoms with E-state index in [9.17, 15) is 8.42 Å². The van der Waals surface area contributed by atoms with Crippen LogP contribution in [0.5, 0.6) is 0 Å². The van der Waals surface area contributed by atoms with Gasteiger partial charge in [-0.05, 0) is 37.6 Å². The fourth-order valence-electron chi connectivity index (χ4n) is 1.58. The number of aromatic nitrogens is 1. The minimum Gasteiger partial charge on any atom is -0.278 e. The Labute approximate surface area is 107 Å². The Morgan fingerprint density at radius 2 is 1.72 bits per heavy atom. The lowest BCUT2D eigenvalue weighted by Gasteiger charge is -2.09. The van der Waals surface area contributed by atoms with E-state index in [4.69, 9.17) is 0 Å². The van der Waals surface area contributed by atoms with E-state index in [0.29, 0.717) is 11.3 Å². The van der Waals surface area contributed by atoms with Gasteiger partial charge in [-0.3, -0.25) is 4.72 Å². The molecule has 1 N–H and O–H groups in total. The van der Waals surface area contributed by atoms with Crippen LogP contribution in [-0.4, -0.2) is 13.4 Å². The number of rotatable bonds is 3. The summed E-state index contributed by atoms with van der Waals surface area (Å²) in [6.07, 6.45) is 1.47. The number of nitrogens with one attached hydrogen (secondary N) is 1. The zero-order valence-electron chi connectivity index (χ0n) is 10.2. The predicted octanol–water partition coefficient (Wildman–Crippen LogP) is 2.50. The lowest BCUT2D eigenvalue weighted by atomic mass is 10.2. The maximum atomic E-state index is 12.1.